The van der Waals surface area contributed by atoms with Crippen molar-refractivity contribution in [1.29, 1.82) is 0 Å². The van der Waals surface area contributed by atoms with E-state index < -0.39 is 14.3 Å². The molecule has 0 aliphatic carbocycles. The number of carboxylic acids is 1. The minimum atomic E-state index is -1.80. The first-order valence-electron chi connectivity index (χ1n) is 6.15. The molecule has 19 heavy (non-hydrogen) atoms. The van der Waals surface area contributed by atoms with E-state index in [-0.39, 0.29) is 10.7 Å². The molecular weight excluding hydrogens is 328 g/mol. The van der Waals surface area contributed by atoms with Crippen LogP contribution in [-0.2, 0) is 11.0 Å². The maximum atomic E-state index is 11.0. The minimum Gasteiger partial charge on any atom is -0.477 e. The van der Waals surface area contributed by atoms with Crippen molar-refractivity contribution in [2.45, 2.75) is 45.4 Å². The maximum absolute atomic E-state index is 11.0. The normalized spacial score (nSPS) is 12.7. The van der Waals surface area contributed by atoms with Crippen LogP contribution in [0.3, 0.4) is 0 Å². The van der Waals surface area contributed by atoms with E-state index in [1.165, 1.54) is 10.7 Å². The van der Waals surface area contributed by atoms with E-state index in [2.05, 4.69) is 54.9 Å². The van der Waals surface area contributed by atoms with Gasteiger partial charge in [-0.25, -0.2) is 4.79 Å². The average Bonchev–Trinajstić information content (AvgIpc) is 2.57. The number of carbonyl (C=O) groups is 1. The Labute approximate surface area is 123 Å². The summed E-state index contributed by atoms with van der Waals surface area (Å²) >= 11 is 3.19. The molecule has 1 aromatic heterocycles. The molecule has 108 valence electrons. The van der Waals surface area contributed by atoms with E-state index in [1.807, 2.05) is 0 Å². The van der Waals surface area contributed by atoms with Gasteiger partial charge in [0.05, 0.1) is 13.2 Å². The second-order valence-corrected chi connectivity index (χ2v) is 11.6. The Kier molecular flexibility index (Phi) is 4.97. The van der Waals surface area contributed by atoms with Crippen LogP contribution >= 0.6 is 15.9 Å². The lowest BCUT2D eigenvalue weighted by molar-refractivity contribution is 0.0682. The Morgan fingerprint density at radius 1 is 1.53 bits per heavy atom. The summed E-state index contributed by atoms with van der Waals surface area (Å²) in [7, 11) is -1.80. The first kappa shape index (κ1) is 16.4. The lowest BCUT2D eigenvalue weighted by Gasteiger charge is -2.36. The summed E-state index contributed by atoms with van der Waals surface area (Å²) < 4.78 is 7.99. The fourth-order valence-corrected chi connectivity index (χ4v) is 2.77. The Morgan fingerprint density at radius 3 is 2.58 bits per heavy atom. The molecule has 0 aliphatic heterocycles. The lowest BCUT2D eigenvalue weighted by atomic mass is 10.2. The van der Waals surface area contributed by atoms with Gasteiger partial charge in [0.25, 0.3) is 0 Å². The SMILES string of the molecule is CC(C)(C)[Si](C)(C)OCCn1nc(Br)cc1C(=O)O. The molecule has 1 N–H and O–H groups in total. The molecule has 0 saturated heterocycles. The van der Waals surface area contributed by atoms with Crippen LogP contribution in [0.25, 0.3) is 0 Å². The molecule has 1 aromatic rings. The lowest BCUT2D eigenvalue weighted by Crippen LogP contribution is -2.41. The highest BCUT2D eigenvalue weighted by molar-refractivity contribution is 9.10. The Morgan fingerprint density at radius 2 is 2.11 bits per heavy atom. The van der Waals surface area contributed by atoms with Crippen molar-refractivity contribution in [2.75, 3.05) is 6.61 Å². The predicted molar refractivity (Wildman–Crippen MR) is 80.0 cm³/mol. The maximum Gasteiger partial charge on any atom is 0.354 e. The van der Waals surface area contributed by atoms with E-state index in [9.17, 15) is 4.79 Å². The largest absolute Gasteiger partial charge is 0.477 e. The second kappa shape index (κ2) is 5.76. The van der Waals surface area contributed by atoms with Crippen molar-refractivity contribution in [3.63, 3.8) is 0 Å². The van der Waals surface area contributed by atoms with Crippen LogP contribution in [0.1, 0.15) is 31.3 Å². The van der Waals surface area contributed by atoms with Gasteiger partial charge < -0.3 is 9.53 Å². The van der Waals surface area contributed by atoms with Crippen molar-refractivity contribution < 1.29 is 14.3 Å². The van der Waals surface area contributed by atoms with Gasteiger partial charge in [-0.1, -0.05) is 20.8 Å². The molecule has 0 saturated carbocycles. The van der Waals surface area contributed by atoms with E-state index in [0.717, 1.165) is 0 Å². The molecule has 0 amide bonds. The van der Waals surface area contributed by atoms with Gasteiger partial charge in [-0.15, -0.1) is 0 Å². The van der Waals surface area contributed by atoms with Gasteiger partial charge in [0.15, 0.2) is 8.32 Å². The fraction of sp³-hybridized carbons (Fsp3) is 0.667. The zero-order chi connectivity index (χ0) is 14.8. The number of halogens is 1. The first-order chi connectivity index (χ1) is 8.54. The van der Waals surface area contributed by atoms with Crippen LogP contribution in [0.15, 0.2) is 10.7 Å². The number of nitrogens with zero attached hydrogens (tertiary/aromatic N) is 2. The summed E-state index contributed by atoms with van der Waals surface area (Å²) in [6.07, 6.45) is 0. The number of hydrogen-bond donors (Lipinski definition) is 1. The van der Waals surface area contributed by atoms with E-state index >= 15 is 0 Å². The molecule has 0 unspecified atom stereocenters. The third-order valence-corrected chi connectivity index (χ3v) is 8.47. The van der Waals surface area contributed by atoms with Crippen LogP contribution in [0.4, 0.5) is 0 Å². The number of hydrogen-bond acceptors (Lipinski definition) is 3. The Bertz CT molecular complexity index is 466. The number of carboxylic acid groups (broad SMARTS) is 1. The molecule has 0 radical (unpaired) electrons. The van der Waals surface area contributed by atoms with Crippen molar-refractivity contribution >= 4 is 30.2 Å². The monoisotopic (exact) mass is 348 g/mol. The van der Waals surface area contributed by atoms with Crippen LogP contribution in [-0.4, -0.2) is 35.8 Å². The van der Waals surface area contributed by atoms with Crippen molar-refractivity contribution in [1.82, 2.24) is 9.78 Å². The summed E-state index contributed by atoms with van der Waals surface area (Å²) in [4.78, 5) is 11.0. The topological polar surface area (TPSA) is 64.4 Å². The third-order valence-electron chi connectivity index (χ3n) is 3.54. The average molecular weight is 349 g/mol. The standard InChI is InChI=1S/C12H21BrN2O3Si/c1-12(2,3)19(4,5)18-7-6-15-9(11(16)17)8-10(13)14-15/h8H,6-7H2,1-5H3,(H,16,17). The van der Waals surface area contributed by atoms with Crippen LogP contribution in [0, 0.1) is 0 Å². The van der Waals surface area contributed by atoms with Gasteiger partial charge in [-0.2, -0.15) is 5.10 Å². The van der Waals surface area contributed by atoms with E-state index in [1.54, 1.807) is 0 Å². The molecular formula is C12H21BrN2O3Si. The highest BCUT2D eigenvalue weighted by atomic mass is 79.9. The zero-order valence-electron chi connectivity index (χ0n) is 12.0. The van der Waals surface area contributed by atoms with Crippen molar-refractivity contribution in [2.24, 2.45) is 0 Å². The molecule has 1 heterocycles. The summed E-state index contributed by atoms with van der Waals surface area (Å²) in [5.41, 5.74) is 0.172. The van der Waals surface area contributed by atoms with Gasteiger partial charge in [0.2, 0.25) is 0 Å². The number of aromatic nitrogens is 2. The Balaban J connectivity index is 2.66. The molecule has 1 rings (SSSR count). The first-order valence-corrected chi connectivity index (χ1v) is 9.85. The smallest absolute Gasteiger partial charge is 0.354 e. The highest BCUT2D eigenvalue weighted by Crippen LogP contribution is 2.36. The summed E-state index contributed by atoms with van der Waals surface area (Å²) in [6, 6.07) is 1.49. The van der Waals surface area contributed by atoms with Gasteiger partial charge in [-0.3, -0.25) is 4.68 Å². The van der Waals surface area contributed by atoms with Crippen LogP contribution in [0.2, 0.25) is 18.1 Å². The van der Waals surface area contributed by atoms with Crippen LogP contribution < -0.4 is 0 Å². The summed E-state index contributed by atoms with van der Waals surface area (Å²) in [5, 5.41) is 13.3. The number of aromatic carboxylic acids is 1. The van der Waals surface area contributed by atoms with E-state index in [0.29, 0.717) is 17.8 Å². The van der Waals surface area contributed by atoms with Gasteiger partial charge >= 0.3 is 5.97 Å². The van der Waals surface area contributed by atoms with Gasteiger partial charge in [-0.05, 0) is 34.1 Å². The molecule has 0 atom stereocenters. The molecule has 0 bridgehead atoms. The van der Waals surface area contributed by atoms with E-state index in [4.69, 9.17) is 9.53 Å². The van der Waals surface area contributed by atoms with Gasteiger partial charge in [0.1, 0.15) is 10.3 Å². The molecule has 0 aromatic carbocycles. The quantitative estimate of drug-likeness (QED) is 0.828. The summed E-state index contributed by atoms with van der Waals surface area (Å²) in [5.74, 6) is -0.981. The van der Waals surface area contributed by atoms with Crippen LogP contribution in [0.5, 0.6) is 0 Å². The fourth-order valence-electron chi connectivity index (χ4n) is 1.33. The zero-order valence-corrected chi connectivity index (χ0v) is 14.6. The summed E-state index contributed by atoms with van der Waals surface area (Å²) in [6.45, 7) is 11.8. The van der Waals surface area contributed by atoms with Crippen molar-refractivity contribution in [3.8, 4) is 0 Å². The van der Waals surface area contributed by atoms with Crippen molar-refractivity contribution in [3.05, 3.63) is 16.4 Å². The number of rotatable bonds is 5. The Hall–Kier alpha value is -0.663. The minimum absolute atomic E-state index is 0.146. The molecule has 0 spiro atoms. The molecule has 0 aliphatic rings. The predicted octanol–water partition coefficient (Wildman–Crippen LogP) is 3.37. The van der Waals surface area contributed by atoms with Gasteiger partial charge in [0, 0.05) is 6.07 Å². The molecule has 5 nitrogen and oxygen atoms in total. The second-order valence-electron chi connectivity index (χ2n) is 5.99. The highest BCUT2D eigenvalue weighted by Gasteiger charge is 2.36. The molecule has 0 fully saturated rings. The third kappa shape index (κ3) is 4.15. The molecule has 7 heteroatoms.